The number of sulfonamides is 1. The molecule has 0 unspecified atom stereocenters. The highest BCUT2D eigenvalue weighted by Gasteiger charge is 2.23. The molecule has 0 spiro atoms. The topological polar surface area (TPSA) is 134 Å². The number of nitrogens with one attached hydrogen (secondary N) is 1. The first-order valence-corrected chi connectivity index (χ1v) is 15.7. The van der Waals surface area contributed by atoms with Gasteiger partial charge in [-0.15, -0.1) is 0 Å². The van der Waals surface area contributed by atoms with Gasteiger partial charge in [0, 0.05) is 12.7 Å². The molecular formula is C31H27N3O7S2. The van der Waals surface area contributed by atoms with E-state index in [1.807, 2.05) is 54.6 Å². The van der Waals surface area contributed by atoms with Crippen LogP contribution in [-0.2, 0) is 26.0 Å². The summed E-state index contributed by atoms with van der Waals surface area (Å²) in [6.07, 6.45) is 1.43. The van der Waals surface area contributed by atoms with Gasteiger partial charge in [0.1, 0.15) is 15.9 Å². The zero-order valence-corrected chi connectivity index (χ0v) is 24.9. The van der Waals surface area contributed by atoms with Crippen molar-refractivity contribution in [2.45, 2.75) is 25.3 Å². The van der Waals surface area contributed by atoms with Gasteiger partial charge in [0.05, 0.1) is 23.7 Å². The maximum atomic E-state index is 13.4. The molecule has 0 aliphatic carbocycles. The fourth-order valence-electron chi connectivity index (χ4n) is 4.47. The smallest absolute Gasteiger partial charge is 0.343 e. The number of hydrogen-bond donors (Lipinski definition) is 1. The van der Waals surface area contributed by atoms with Crippen LogP contribution >= 0.6 is 11.3 Å². The van der Waals surface area contributed by atoms with Gasteiger partial charge in [-0.2, -0.15) is 0 Å². The number of nitrogens with zero attached hydrogens (tertiary/aromatic N) is 2. The Morgan fingerprint density at radius 2 is 1.53 bits per heavy atom. The fraction of sp³-hybridized carbons (Fsp3) is 0.161. The third-order valence-electron chi connectivity index (χ3n) is 6.45. The predicted octanol–water partition coefficient (Wildman–Crippen LogP) is 5.33. The first-order chi connectivity index (χ1) is 20.7. The monoisotopic (exact) mass is 617 g/mol. The van der Waals surface area contributed by atoms with Gasteiger partial charge >= 0.3 is 11.9 Å². The van der Waals surface area contributed by atoms with Gasteiger partial charge in [-0.3, -0.25) is 9.52 Å². The van der Waals surface area contributed by atoms with Gasteiger partial charge in [0.25, 0.3) is 10.0 Å². The molecule has 0 saturated heterocycles. The van der Waals surface area contributed by atoms with Crippen molar-refractivity contribution in [3.8, 4) is 11.1 Å². The summed E-state index contributed by atoms with van der Waals surface area (Å²) in [7, 11) is -4.14. The molecule has 0 aliphatic heterocycles. The summed E-state index contributed by atoms with van der Waals surface area (Å²) in [5, 5.41) is -0.0623. The Bertz CT molecular complexity index is 1970. The minimum atomic E-state index is -4.14. The molecular weight excluding hydrogens is 590 g/mol. The summed E-state index contributed by atoms with van der Waals surface area (Å²) in [6.45, 7) is 3.84. The third-order valence-corrected chi connectivity index (χ3v) is 8.94. The second-order valence-electron chi connectivity index (χ2n) is 9.27. The van der Waals surface area contributed by atoms with E-state index < -0.39 is 27.4 Å². The summed E-state index contributed by atoms with van der Waals surface area (Å²) >= 11 is 0.964. The Morgan fingerprint density at radius 1 is 0.884 bits per heavy atom. The quantitative estimate of drug-likeness (QED) is 0.208. The molecule has 2 heterocycles. The van der Waals surface area contributed by atoms with Crippen molar-refractivity contribution in [3.05, 3.63) is 112 Å². The van der Waals surface area contributed by atoms with E-state index in [2.05, 4.69) is 9.71 Å². The zero-order valence-electron chi connectivity index (χ0n) is 23.3. The number of aromatic nitrogens is 2. The lowest BCUT2D eigenvalue weighted by Crippen LogP contribution is -2.21. The number of anilines is 1. The lowest BCUT2D eigenvalue weighted by atomic mass is 9.99. The molecule has 2 aromatic heterocycles. The van der Waals surface area contributed by atoms with Crippen LogP contribution in [0.25, 0.3) is 21.5 Å². The average Bonchev–Trinajstić information content (AvgIpc) is 3.43. The molecule has 3 aromatic carbocycles. The Labute approximate surface area is 251 Å². The maximum absolute atomic E-state index is 13.4. The van der Waals surface area contributed by atoms with Crippen molar-refractivity contribution in [3.63, 3.8) is 0 Å². The van der Waals surface area contributed by atoms with Crippen molar-refractivity contribution in [1.82, 2.24) is 9.55 Å². The molecule has 5 aromatic rings. The van der Waals surface area contributed by atoms with Crippen LogP contribution in [0, 0.1) is 0 Å². The van der Waals surface area contributed by atoms with E-state index in [1.54, 1.807) is 18.4 Å². The number of esters is 2. The first kappa shape index (κ1) is 29.7. The number of pyridine rings is 1. The van der Waals surface area contributed by atoms with Crippen LogP contribution < -0.4 is 10.2 Å². The summed E-state index contributed by atoms with van der Waals surface area (Å²) in [4.78, 5) is 42.6. The highest BCUT2D eigenvalue weighted by Crippen LogP contribution is 2.30. The highest BCUT2D eigenvalue weighted by molar-refractivity contribution is 7.93. The van der Waals surface area contributed by atoms with Crippen molar-refractivity contribution in [2.24, 2.45) is 0 Å². The molecule has 1 N–H and O–H groups in total. The van der Waals surface area contributed by atoms with Crippen LogP contribution in [0.1, 0.15) is 40.1 Å². The molecule has 0 atom stereocenters. The fourth-order valence-corrected chi connectivity index (χ4v) is 6.64. The van der Waals surface area contributed by atoms with Crippen molar-refractivity contribution >= 4 is 48.8 Å². The lowest BCUT2D eigenvalue weighted by molar-refractivity contribution is 0.0515. The van der Waals surface area contributed by atoms with Gasteiger partial charge in [-0.05, 0) is 54.8 Å². The molecule has 0 bridgehead atoms. The van der Waals surface area contributed by atoms with E-state index >= 15 is 0 Å². The van der Waals surface area contributed by atoms with Gasteiger partial charge in [0.15, 0.2) is 5.13 Å². The summed E-state index contributed by atoms with van der Waals surface area (Å²) in [5.41, 5.74) is 2.13. The minimum Gasteiger partial charge on any atom is -0.462 e. The number of rotatable bonds is 10. The summed E-state index contributed by atoms with van der Waals surface area (Å²) in [6, 6.07) is 22.8. The van der Waals surface area contributed by atoms with Crippen molar-refractivity contribution in [1.29, 1.82) is 0 Å². The lowest BCUT2D eigenvalue weighted by Gasteiger charge is -2.14. The summed E-state index contributed by atoms with van der Waals surface area (Å²) < 4.78 is 40.6. The number of ether oxygens (including phenoxy) is 2. The Hall–Kier alpha value is -4.81. The average molecular weight is 618 g/mol. The molecule has 0 saturated carbocycles. The number of carbonyl (C=O) groups excluding carboxylic acids is 2. The maximum Gasteiger partial charge on any atom is 0.343 e. The van der Waals surface area contributed by atoms with E-state index in [-0.39, 0.29) is 46.4 Å². The highest BCUT2D eigenvalue weighted by atomic mass is 32.2. The number of hydrogen-bond acceptors (Lipinski definition) is 9. The van der Waals surface area contributed by atoms with Crippen LogP contribution in [-0.4, -0.2) is 43.1 Å². The predicted molar refractivity (Wildman–Crippen MR) is 164 cm³/mol. The normalized spacial score (nSPS) is 11.3. The molecule has 10 nitrogen and oxygen atoms in total. The SMILES string of the molecule is CCOC(=O)c1ccc(S(=O)(=O)Nc2nc3c(=O)c(C(=O)OCC)cn(Cc4ccccc4-c4ccccc4)c3s2)cc1. The minimum absolute atomic E-state index is 0.0623. The van der Waals surface area contributed by atoms with Crippen molar-refractivity contribution < 1.29 is 27.5 Å². The van der Waals surface area contributed by atoms with E-state index in [0.717, 1.165) is 28.0 Å². The molecule has 5 rings (SSSR count). The summed E-state index contributed by atoms with van der Waals surface area (Å²) in [5.74, 6) is -1.36. The van der Waals surface area contributed by atoms with Gasteiger partial charge < -0.3 is 14.0 Å². The second kappa shape index (κ2) is 12.6. The van der Waals surface area contributed by atoms with Crippen LogP contribution in [0.4, 0.5) is 5.13 Å². The van der Waals surface area contributed by atoms with Gasteiger partial charge in [-0.25, -0.2) is 23.0 Å². The Balaban J connectivity index is 1.56. The zero-order chi connectivity index (χ0) is 30.6. The Morgan fingerprint density at radius 3 is 2.23 bits per heavy atom. The standard InChI is InChI=1S/C31H27N3O7S2/c1-3-40-29(36)21-14-16-23(17-15-21)43(38,39)33-31-32-26-27(35)25(30(37)41-4-2)19-34(28(26)42-31)18-22-12-8-9-13-24(22)20-10-6-5-7-11-20/h5-17,19H,3-4,18H2,1-2H3,(H,32,33). The Kier molecular flexibility index (Phi) is 8.69. The van der Waals surface area contributed by atoms with Crippen molar-refractivity contribution in [2.75, 3.05) is 17.9 Å². The largest absolute Gasteiger partial charge is 0.462 e. The van der Waals surface area contributed by atoms with E-state index in [9.17, 15) is 22.8 Å². The van der Waals surface area contributed by atoms with E-state index in [1.165, 1.54) is 30.5 Å². The van der Waals surface area contributed by atoms with E-state index in [0.29, 0.717) is 4.83 Å². The van der Waals surface area contributed by atoms with Crippen LogP contribution in [0.15, 0.2) is 94.7 Å². The van der Waals surface area contributed by atoms with Gasteiger partial charge in [-0.1, -0.05) is 65.9 Å². The second-order valence-corrected chi connectivity index (χ2v) is 11.9. The number of fused-ring (bicyclic) bond motifs is 1. The third kappa shape index (κ3) is 6.35. The van der Waals surface area contributed by atoms with E-state index in [4.69, 9.17) is 9.47 Å². The van der Waals surface area contributed by atoms with Crippen LogP contribution in [0.2, 0.25) is 0 Å². The molecule has 43 heavy (non-hydrogen) atoms. The molecule has 0 amide bonds. The van der Waals surface area contributed by atoms with Gasteiger partial charge in [0.2, 0.25) is 5.43 Å². The molecule has 0 fully saturated rings. The number of benzene rings is 3. The molecule has 12 heteroatoms. The van der Waals surface area contributed by atoms with Crippen LogP contribution in [0.5, 0.6) is 0 Å². The van der Waals surface area contributed by atoms with Crippen LogP contribution in [0.3, 0.4) is 0 Å². The first-order valence-electron chi connectivity index (χ1n) is 13.4. The number of thiazole rings is 1. The molecule has 0 aliphatic rings. The number of carbonyl (C=O) groups is 2. The molecule has 220 valence electrons. The molecule has 0 radical (unpaired) electrons.